The van der Waals surface area contributed by atoms with Gasteiger partial charge in [-0.15, -0.1) is 11.3 Å². The third kappa shape index (κ3) is 5.07. The van der Waals surface area contributed by atoms with Crippen LogP contribution in [0.25, 0.3) is 0 Å². The molecule has 0 saturated heterocycles. The van der Waals surface area contributed by atoms with Gasteiger partial charge in [0.05, 0.1) is 6.54 Å². The van der Waals surface area contributed by atoms with E-state index in [9.17, 15) is 9.59 Å². The smallest absolute Gasteiger partial charge is 0.407 e. The normalized spacial score (nSPS) is 10.3. The summed E-state index contributed by atoms with van der Waals surface area (Å²) in [6.45, 7) is 4.24. The molecule has 1 aromatic heterocycles. The van der Waals surface area contributed by atoms with Crippen LogP contribution in [0.1, 0.15) is 29.3 Å². The van der Waals surface area contributed by atoms with Crippen molar-refractivity contribution in [1.82, 2.24) is 5.32 Å². The zero-order chi connectivity index (χ0) is 17.5. The van der Waals surface area contributed by atoms with Crippen molar-refractivity contribution in [2.24, 2.45) is 0 Å². The molecule has 0 fully saturated rings. The van der Waals surface area contributed by atoms with E-state index < -0.39 is 6.09 Å². The number of ether oxygens (including phenoxy) is 1. The molecule has 2 rings (SSSR count). The average molecular weight is 411 g/mol. The Morgan fingerprint density at radius 3 is 2.62 bits per heavy atom. The van der Waals surface area contributed by atoms with Crippen LogP contribution in [0.15, 0.2) is 34.8 Å². The SMILES string of the molecule is CCC(=O)Nc1sc(C)c(Br)c1CNC(=O)OCc1ccccc1. The lowest BCUT2D eigenvalue weighted by molar-refractivity contribution is -0.115. The highest BCUT2D eigenvalue weighted by Crippen LogP contribution is 2.36. The fourth-order valence-corrected chi connectivity index (χ4v) is 3.67. The number of amides is 2. The zero-order valence-electron chi connectivity index (χ0n) is 13.5. The van der Waals surface area contributed by atoms with Crippen molar-refractivity contribution in [3.05, 3.63) is 50.8 Å². The Balaban J connectivity index is 1.93. The van der Waals surface area contributed by atoms with E-state index in [1.165, 1.54) is 11.3 Å². The first kappa shape index (κ1) is 18.5. The molecule has 0 saturated carbocycles. The van der Waals surface area contributed by atoms with Crippen LogP contribution >= 0.6 is 27.3 Å². The minimum absolute atomic E-state index is 0.0587. The van der Waals surface area contributed by atoms with Gasteiger partial charge < -0.3 is 15.4 Å². The van der Waals surface area contributed by atoms with E-state index >= 15 is 0 Å². The molecule has 0 spiro atoms. The molecule has 2 amide bonds. The molecule has 1 heterocycles. The van der Waals surface area contributed by atoms with Crippen molar-refractivity contribution < 1.29 is 14.3 Å². The van der Waals surface area contributed by atoms with E-state index in [0.717, 1.165) is 25.5 Å². The van der Waals surface area contributed by atoms with Crippen LogP contribution in [0.4, 0.5) is 9.80 Å². The maximum atomic E-state index is 11.9. The molecule has 7 heteroatoms. The van der Waals surface area contributed by atoms with Gasteiger partial charge >= 0.3 is 6.09 Å². The second kappa shape index (κ2) is 8.84. The summed E-state index contributed by atoms with van der Waals surface area (Å²) in [6, 6.07) is 9.48. The highest BCUT2D eigenvalue weighted by atomic mass is 79.9. The molecule has 0 aliphatic heterocycles. The zero-order valence-corrected chi connectivity index (χ0v) is 15.9. The van der Waals surface area contributed by atoms with E-state index in [1.54, 1.807) is 6.92 Å². The largest absolute Gasteiger partial charge is 0.445 e. The van der Waals surface area contributed by atoms with Gasteiger partial charge in [-0.1, -0.05) is 37.3 Å². The van der Waals surface area contributed by atoms with E-state index in [4.69, 9.17) is 4.74 Å². The number of carbonyl (C=O) groups is 2. The molecule has 0 aliphatic rings. The second-order valence-corrected chi connectivity index (χ2v) is 7.11. The van der Waals surface area contributed by atoms with Gasteiger partial charge in [-0.2, -0.15) is 0 Å². The second-order valence-electron chi connectivity index (χ2n) is 5.10. The molecule has 5 nitrogen and oxygen atoms in total. The van der Waals surface area contributed by atoms with Crippen molar-refractivity contribution in [3.8, 4) is 0 Å². The molecule has 0 bridgehead atoms. The Kier molecular flexibility index (Phi) is 6.81. The first-order valence-corrected chi connectivity index (χ1v) is 9.14. The van der Waals surface area contributed by atoms with Crippen molar-refractivity contribution in [2.45, 2.75) is 33.4 Å². The number of halogens is 1. The number of alkyl carbamates (subject to hydrolysis) is 1. The Labute approximate surface area is 153 Å². The molecule has 0 unspecified atom stereocenters. The van der Waals surface area contributed by atoms with Gasteiger partial charge in [0.2, 0.25) is 5.91 Å². The van der Waals surface area contributed by atoms with Crippen molar-refractivity contribution >= 4 is 44.3 Å². The summed E-state index contributed by atoms with van der Waals surface area (Å²) in [6.07, 6.45) is -0.0945. The molecule has 2 aromatic rings. The van der Waals surface area contributed by atoms with Gasteiger partial charge in [0, 0.05) is 21.3 Å². The fraction of sp³-hybridized carbons (Fsp3) is 0.294. The number of hydrogen-bond acceptors (Lipinski definition) is 4. The minimum atomic E-state index is -0.498. The molecular weight excluding hydrogens is 392 g/mol. The number of anilines is 1. The Bertz CT molecular complexity index is 716. The van der Waals surface area contributed by atoms with Gasteiger partial charge in [0.1, 0.15) is 11.6 Å². The van der Waals surface area contributed by atoms with Crippen molar-refractivity contribution in [3.63, 3.8) is 0 Å². The quantitative estimate of drug-likeness (QED) is 0.731. The summed E-state index contributed by atoms with van der Waals surface area (Å²) in [5.41, 5.74) is 1.77. The number of hydrogen-bond donors (Lipinski definition) is 2. The number of nitrogens with one attached hydrogen (secondary N) is 2. The van der Waals surface area contributed by atoms with Crippen LogP contribution in [-0.2, 0) is 22.7 Å². The monoisotopic (exact) mass is 410 g/mol. The first-order chi connectivity index (χ1) is 11.5. The lowest BCUT2D eigenvalue weighted by atomic mass is 10.2. The maximum Gasteiger partial charge on any atom is 0.407 e. The van der Waals surface area contributed by atoms with Gasteiger partial charge in [-0.25, -0.2) is 4.79 Å². The topological polar surface area (TPSA) is 67.4 Å². The average Bonchev–Trinajstić information content (AvgIpc) is 2.85. The lowest BCUT2D eigenvalue weighted by Crippen LogP contribution is -2.24. The van der Waals surface area contributed by atoms with Gasteiger partial charge in [-0.05, 0) is 28.4 Å². The number of rotatable bonds is 6. The van der Waals surface area contributed by atoms with E-state index in [2.05, 4.69) is 26.6 Å². The Morgan fingerprint density at radius 1 is 1.25 bits per heavy atom. The lowest BCUT2D eigenvalue weighted by Gasteiger charge is -2.09. The highest BCUT2D eigenvalue weighted by Gasteiger charge is 2.16. The van der Waals surface area contributed by atoms with Crippen LogP contribution in [0.5, 0.6) is 0 Å². The van der Waals surface area contributed by atoms with Crippen LogP contribution in [0, 0.1) is 6.92 Å². The van der Waals surface area contributed by atoms with Crippen LogP contribution in [-0.4, -0.2) is 12.0 Å². The van der Waals surface area contributed by atoms with E-state index in [1.807, 2.05) is 37.3 Å². The molecule has 0 aliphatic carbocycles. The molecular formula is C17H19BrN2O3S. The highest BCUT2D eigenvalue weighted by molar-refractivity contribution is 9.10. The van der Waals surface area contributed by atoms with Crippen molar-refractivity contribution in [2.75, 3.05) is 5.32 Å². The molecule has 1 aromatic carbocycles. The minimum Gasteiger partial charge on any atom is -0.445 e. The van der Waals surface area contributed by atoms with Gasteiger partial charge in [0.15, 0.2) is 0 Å². The summed E-state index contributed by atoms with van der Waals surface area (Å²) in [5, 5.41) is 6.33. The van der Waals surface area contributed by atoms with E-state index in [0.29, 0.717) is 6.42 Å². The number of carbonyl (C=O) groups excluding carboxylic acids is 2. The molecule has 0 atom stereocenters. The summed E-state index contributed by atoms with van der Waals surface area (Å²) in [5.74, 6) is -0.0587. The molecule has 128 valence electrons. The number of benzene rings is 1. The van der Waals surface area contributed by atoms with E-state index in [-0.39, 0.29) is 19.1 Å². The molecule has 24 heavy (non-hydrogen) atoms. The first-order valence-electron chi connectivity index (χ1n) is 7.53. The summed E-state index contributed by atoms with van der Waals surface area (Å²) in [4.78, 5) is 24.5. The third-order valence-electron chi connectivity index (χ3n) is 3.30. The summed E-state index contributed by atoms with van der Waals surface area (Å²) >= 11 is 4.98. The van der Waals surface area contributed by atoms with Gasteiger partial charge in [-0.3, -0.25) is 4.79 Å². The predicted molar refractivity (Wildman–Crippen MR) is 99.1 cm³/mol. The summed E-state index contributed by atoms with van der Waals surface area (Å²) in [7, 11) is 0. The van der Waals surface area contributed by atoms with Crippen LogP contribution < -0.4 is 10.6 Å². The third-order valence-corrected chi connectivity index (χ3v) is 5.70. The van der Waals surface area contributed by atoms with Crippen LogP contribution in [0.2, 0.25) is 0 Å². The standard InChI is InChI=1S/C17H19BrN2O3S/c1-3-14(21)20-16-13(15(18)11(2)24-16)9-19-17(22)23-10-12-7-5-4-6-8-12/h4-8H,3,9-10H2,1-2H3,(H,19,22)(H,20,21). The number of thiophene rings is 1. The van der Waals surface area contributed by atoms with Crippen LogP contribution in [0.3, 0.4) is 0 Å². The van der Waals surface area contributed by atoms with Crippen molar-refractivity contribution in [1.29, 1.82) is 0 Å². The fourth-order valence-electron chi connectivity index (χ4n) is 1.98. The maximum absolute atomic E-state index is 11.9. The molecule has 2 N–H and O–H groups in total. The molecule has 0 radical (unpaired) electrons. The summed E-state index contributed by atoms with van der Waals surface area (Å²) < 4.78 is 6.08. The Morgan fingerprint density at radius 2 is 1.96 bits per heavy atom. The number of aryl methyl sites for hydroxylation is 1. The Hall–Kier alpha value is -1.86. The van der Waals surface area contributed by atoms with Gasteiger partial charge in [0.25, 0.3) is 0 Å². The predicted octanol–water partition coefficient (Wildman–Crippen LogP) is 4.59.